The van der Waals surface area contributed by atoms with E-state index in [2.05, 4.69) is 17.1 Å². The summed E-state index contributed by atoms with van der Waals surface area (Å²) in [7, 11) is 0. The van der Waals surface area contributed by atoms with E-state index in [1.807, 2.05) is 0 Å². The molecule has 1 amide bonds. The van der Waals surface area contributed by atoms with Crippen molar-refractivity contribution in [3.63, 3.8) is 0 Å². The maximum Gasteiger partial charge on any atom is 0.274 e. The van der Waals surface area contributed by atoms with E-state index in [9.17, 15) is 14.9 Å². The number of amides is 1. The lowest BCUT2D eigenvalue weighted by Crippen LogP contribution is -2.43. The van der Waals surface area contributed by atoms with Crippen LogP contribution in [0.5, 0.6) is 11.5 Å². The van der Waals surface area contributed by atoms with Gasteiger partial charge in [0.1, 0.15) is 13.2 Å². The van der Waals surface area contributed by atoms with Crippen LogP contribution in [-0.2, 0) is 0 Å². The molecule has 1 aromatic rings. The number of hydrogen-bond acceptors (Lipinski definition) is 6. The van der Waals surface area contributed by atoms with Gasteiger partial charge in [0.05, 0.1) is 16.6 Å². The molecule has 142 valence electrons. The van der Waals surface area contributed by atoms with E-state index in [4.69, 9.17) is 9.47 Å². The van der Waals surface area contributed by atoms with Gasteiger partial charge in [-0.3, -0.25) is 19.8 Å². The van der Waals surface area contributed by atoms with Crippen LogP contribution in [0.2, 0.25) is 0 Å². The molecule has 1 saturated heterocycles. The smallest absolute Gasteiger partial charge is 0.274 e. The van der Waals surface area contributed by atoms with Gasteiger partial charge in [-0.05, 0) is 25.8 Å². The highest BCUT2D eigenvalue weighted by Crippen LogP contribution is 2.37. The van der Waals surface area contributed by atoms with Crippen LogP contribution in [0.4, 0.5) is 5.69 Å². The van der Waals surface area contributed by atoms with Crippen LogP contribution < -0.4 is 14.8 Å². The minimum Gasteiger partial charge on any atom is -0.486 e. The van der Waals surface area contributed by atoms with Gasteiger partial charge >= 0.3 is 0 Å². The van der Waals surface area contributed by atoms with Crippen LogP contribution in [0.3, 0.4) is 0 Å². The molecule has 0 saturated carbocycles. The van der Waals surface area contributed by atoms with Crippen molar-refractivity contribution in [2.75, 3.05) is 32.8 Å². The van der Waals surface area contributed by atoms with Gasteiger partial charge in [0.2, 0.25) is 0 Å². The van der Waals surface area contributed by atoms with Crippen molar-refractivity contribution in [3.8, 4) is 11.5 Å². The molecular formula is C18H25N3O5. The number of nitro groups is 1. The molecule has 8 heteroatoms. The van der Waals surface area contributed by atoms with Gasteiger partial charge in [-0.1, -0.05) is 13.3 Å². The molecule has 1 atom stereocenters. The first-order valence-electron chi connectivity index (χ1n) is 9.20. The number of carbonyl (C=O) groups excluding carboxylic acids is 1. The summed E-state index contributed by atoms with van der Waals surface area (Å²) in [6.45, 7) is 5.14. The minimum atomic E-state index is -0.533. The Bertz CT molecular complexity index is 679. The summed E-state index contributed by atoms with van der Waals surface area (Å²) < 4.78 is 10.9. The number of likely N-dealkylation sites (tertiary alicyclic amines) is 1. The number of fused-ring (bicyclic) bond motifs is 1. The van der Waals surface area contributed by atoms with Gasteiger partial charge in [0.25, 0.3) is 11.6 Å². The van der Waals surface area contributed by atoms with Crippen molar-refractivity contribution in [2.45, 2.75) is 38.6 Å². The van der Waals surface area contributed by atoms with Gasteiger partial charge in [-0.2, -0.15) is 0 Å². The van der Waals surface area contributed by atoms with Gasteiger partial charge < -0.3 is 14.8 Å². The van der Waals surface area contributed by atoms with Gasteiger partial charge in [-0.25, -0.2) is 0 Å². The number of hydrogen-bond donors (Lipinski definition) is 1. The molecule has 2 aliphatic heterocycles. The largest absolute Gasteiger partial charge is 0.486 e. The van der Waals surface area contributed by atoms with E-state index in [-0.39, 0.29) is 28.7 Å². The van der Waals surface area contributed by atoms with Crippen LogP contribution in [0, 0.1) is 10.1 Å². The van der Waals surface area contributed by atoms with Crippen LogP contribution >= 0.6 is 0 Å². The fourth-order valence-electron chi connectivity index (χ4n) is 3.64. The third kappa shape index (κ3) is 4.07. The number of ether oxygens (including phenoxy) is 2. The van der Waals surface area contributed by atoms with Crippen molar-refractivity contribution in [2.24, 2.45) is 0 Å². The van der Waals surface area contributed by atoms with Gasteiger partial charge in [-0.15, -0.1) is 0 Å². The van der Waals surface area contributed by atoms with E-state index >= 15 is 0 Å². The summed E-state index contributed by atoms with van der Waals surface area (Å²) in [5, 5.41) is 14.0. The van der Waals surface area contributed by atoms with Crippen LogP contribution in [-0.4, -0.2) is 54.6 Å². The van der Waals surface area contributed by atoms with Crippen molar-refractivity contribution >= 4 is 11.6 Å². The number of nitro benzene ring substituents is 1. The second kappa shape index (κ2) is 8.35. The highest BCUT2D eigenvalue weighted by Gasteiger charge is 2.26. The Morgan fingerprint density at radius 2 is 2.15 bits per heavy atom. The SMILES string of the molecule is CCC1CCCCN1CCNC(=O)c1cc([N+](=O)[O-])cc2c1OCCO2. The third-order valence-electron chi connectivity index (χ3n) is 4.99. The molecule has 0 aliphatic carbocycles. The zero-order valence-electron chi connectivity index (χ0n) is 15.0. The summed E-state index contributed by atoms with van der Waals surface area (Å²) >= 11 is 0. The lowest BCUT2D eigenvalue weighted by Gasteiger charge is -2.35. The fourth-order valence-corrected chi connectivity index (χ4v) is 3.64. The summed E-state index contributed by atoms with van der Waals surface area (Å²) in [4.78, 5) is 25.6. The van der Waals surface area contributed by atoms with Crippen molar-refractivity contribution in [1.82, 2.24) is 10.2 Å². The Hall–Kier alpha value is -2.35. The first-order valence-corrected chi connectivity index (χ1v) is 9.20. The monoisotopic (exact) mass is 363 g/mol. The topological polar surface area (TPSA) is 93.9 Å². The molecule has 26 heavy (non-hydrogen) atoms. The number of non-ortho nitro benzene ring substituents is 1. The lowest BCUT2D eigenvalue weighted by molar-refractivity contribution is -0.385. The standard InChI is InChI=1S/C18H25N3O5/c1-2-13-5-3-4-7-20(13)8-6-19-18(22)15-11-14(21(23)24)12-16-17(15)26-10-9-25-16/h11-13H,2-10H2,1H3,(H,19,22). The summed E-state index contributed by atoms with van der Waals surface area (Å²) in [5.41, 5.74) is -0.0268. The molecule has 0 radical (unpaired) electrons. The summed E-state index contributed by atoms with van der Waals surface area (Å²) in [5.74, 6) is 0.155. The molecule has 0 spiro atoms. The Labute approximate surface area is 152 Å². The molecule has 0 bridgehead atoms. The second-order valence-electron chi connectivity index (χ2n) is 6.62. The average molecular weight is 363 g/mol. The first-order chi connectivity index (χ1) is 12.6. The quantitative estimate of drug-likeness (QED) is 0.616. The molecule has 1 N–H and O–H groups in total. The number of nitrogens with one attached hydrogen (secondary N) is 1. The van der Waals surface area contributed by atoms with E-state index in [0.717, 1.165) is 19.5 Å². The Kier molecular flexibility index (Phi) is 5.92. The summed E-state index contributed by atoms with van der Waals surface area (Å²) in [6.07, 6.45) is 4.76. The van der Waals surface area contributed by atoms with Crippen molar-refractivity contribution in [1.29, 1.82) is 0 Å². The maximum atomic E-state index is 12.6. The predicted octanol–water partition coefficient (Wildman–Crippen LogP) is 2.36. The van der Waals surface area contributed by atoms with Crippen molar-refractivity contribution < 1.29 is 19.2 Å². The zero-order valence-corrected chi connectivity index (χ0v) is 15.0. The molecule has 1 fully saturated rings. The zero-order chi connectivity index (χ0) is 18.5. The molecule has 1 aromatic carbocycles. The second-order valence-corrected chi connectivity index (χ2v) is 6.62. The summed E-state index contributed by atoms with van der Waals surface area (Å²) in [6, 6.07) is 3.12. The maximum absolute atomic E-state index is 12.6. The average Bonchev–Trinajstić information content (AvgIpc) is 2.67. The van der Waals surface area contributed by atoms with Crippen molar-refractivity contribution in [3.05, 3.63) is 27.8 Å². The van der Waals surface area contributed by atoms with Crippen LogP contribution in [0.1, 0.15) is 43.0 Å². The third-order valence-corrected chi connectivity index (χ3v) is 4.99. The normalized spacial score (nSPS) is 19.8. The number of rotatable bonds is 6. The van der Waals surface area contributed by atoms with Crippen LogP contribution in [0.15, 0.2) is 12.1 Å². The molecule has 8 nitrogen and oxygen atoms in total. The fraction of sp³-hybridized carbons (Fsp3) is 0.611. The van der Waals surface area contributed by atoms with Crippen LogP contribution in [0.25, 0.3) is 0 Å². The molecular weight excluding hydrogens is 338 g/mol. The highest BCUT2D eigenvalue weighted by atomic mass is 16.6. The van der Waals surface area contributed by atoms with E-state index in [1.165, 1.54) is 31.4 Å². The number of nitrogens with zero attached hydrogens (tertiary/aromatic N) is 2. The molecule has 3 rings (SSSR count). The minimum absolute atomic E-state index is 0.152. The van der Waals surface area contributed by atoms with E-state index in [0.29, 0.717) is 25.8 Å². The molecule has 1 unspecified atom stereocenters. The number of piperidine rings is 1. The van der Waals surface area contributed by atoms with Gasteiger partial charge in [0, 0.05) is 25.2 Å². The molecule has 2 heterocycles. The molecule has 2 aliphatic rings. The Balaban J connectivity index is 1.67. The van der Waals surface area contributed by atoms with E-state index < -0.39 is 4.92 Å². The predicted molar refractivity (Wildman–Crippen MR) is 95.9 cm³/mol. The number of benzene rings is 1. The molecule has 0 aromatic heterocycles. The van der Waals surface area contributed by atoms with Gasteiger partial charge in [0.15, 0.2) is 11.5 Å². The Morgan fingerprint density at radius 1 is 1.35 bits per heavy atom. The highest BCUT2D eigenvalue weighted by molar-refractivity contribution is 5.98. The van der Waals surface area contributed by atoms with E-state index in [1.54, 1.807) is 0 Å². The lowest BCUT2D eigenvalue weighted by atomic mass is 10.0. The first kappa shape index (κ1) is 18.4. The number of carbonyl (C=O) groups is 1. The Morgan fingerprint density at radius 3 is 2.92 bits per heavy atom.